The molecule has 2 bridgehead atoms. The molecule has 3 fully saturated rings. The molecule has 0 aliphatic carbocycles. The van der Waals surface area contributed by atoms with Crippen LogP contribution in [-0.2, 0) is 16.9 Å². The molecule has 4 atom stereocenters. The predicted octanol–water partition coefficient (Wildman–Crippen LogP) is 0.740. The topological polar surface area (TPSA) is 83.3 Å². The van der Waals surface area contributed by atoms with E-state index < -0.39 is 5.60 Å². The van der Waals surface area contributed by atoms with Crippen molar-refractivity contribution < 1.29 is 9.90 Å². The van der Waals surface area contributed by atoms with E-state index in [2.05, 4.69) is 20.5 Å². The zero-order valence-electron chi connectivity index (χ0n) is 15.1. The van der Waals surface area contributed by atoms with Gasteiger partial charge in [-0.05, 0) is 53.0 Å². The predicted molar refractivity (Wildman–Crippen MR) is 90.1 cm³/mol. The van der Waals surface area contributed by atoms with Crippen molar-refractivity contribution >= 4 is 5.91 Å². The molecule has 4 heterocycles. The minimum Gasteiger partial charge on any atom is -0.384 e. The second-order valence-electron chi connectivity index (χ2n) is 8.09. The highest BCUT2D eigenvalue weighted by molar-refractivity contribution is 5.79. The third kappa shape index (κ3) is 3.62. The van der Waals surface area contributed by atoms with E-state index in [1.807, 2.05) is 24.7 Å². The first-order valence-corrected chi connectivity index (χ1v) is 8.91. The fourth-order valence-corrected chi connectivity index (χ4v) is 3.90. The molecule has 1 aromatic heterocycles. The Bertz CT molecular complexity index is 592. The average molecular weight is 335 g/mol. The molecule has 1 unspecified atom stereocenters. The van der Waals surface area contributed by atoms with Crippen LogP contribution in [0.4, 0.5) is 0 Å². The van der Waals surface area contributed by atoms with Crippen LogP contribution in [0.2, 0.25) is 0 Å². The van der Waals surface area contributed by atoms with Crippen molar-refractivity contribution in [2.75, 3.05) is 13.1 Å². The first-order valence-electron chi connectivity index (χ1n) is 8.91. The smallest absolute Gasteiger partial charge is 0.224 e. The standard InChI is InChI=1S/C17H29N5O2/c1-11(2)18-16(23)14-9-21-6-5-12(14)7-13(21)8-22-10-15(19-20-22)17(3,4)24/h10-14,24H,5-9H2,1-4H3,(H,18,23)/t12-,13-,14+/m1/s1. The van der Waals surface area contributed by atoms with E-state index in [1.54, 1.807) is 13.8 Å². The number of nitrogens with zero attached hydrogens (tertiary/aromatic N) is 4. The molecule has 24 heavy (non-hydrogen) atoms. The van der Waals surface area contributed by atoms with Crippen molar-refractivity contribution in [1.29, 1.82) is 0 Å². The molecule has 7 heteroatoms. The van der Waals surface area contributed by atoms with Gasteiger partial charge in [-0.2, -0.15) is 0 Å². The van der Waals surface area contributed by atoms with E-state index in [-0.39, 0.29) is 17.9 Å². The molecule has 0 radical (unpaired) electrons. The lowest BCUT2D eigenvalue weighted by Crippen LogP contribution is -2.58. The molecule has 3 saturated heterocycles. The number of nitrogens with one attached hydrogen (secondary N) is 1. The first-order chi connectivity index (χ1) is 11.2. The van der Waals surface area contributed by atoms with Crippen LogP contribution in [0, 0.1) is 11.8 Å². The number of amides is 1. The van der Waals surface area contributed by atoms with Crippen molar-refractivity contribution in [3.05, 3.63) is 11.9 Å². The largest absolute Gasteiger partial charge is 0.384 e. The van der Waals surface area contributed by atoms with E-state index in [1.165, 1.54) is 0 Å². The molecule has 0 spiro atoms. The second kappa shape index (κ2) is 6.44. The van der Waals surface area contributed by atoms with Gasteiger partial charge in [-0.1, -0.05) is 5.21 Å². The summed E-state index contributed by atoms with van der Waals surface area (Å²) in [6, 6.07) is 0.586. The summed E-state index contributed by atoms with van der Waals surface area (Å²) in [6.45, 7) is 10.1. The molecule has 3 aliphatic heterocycles. The molecule has 2 N–H and O–H groups in total. The van der Waals surface area contributed by atoms with E-state index in [4.69, 9.17) is 0 Å². The van der Waals surface area contributed by atoms with E-state index >= 15 is 0 Å². The number of carbonyl (C=O) groups is 1. The number of hydrogen-bond donors (Lipinski definition) is 2. The van der Waals surface area contributed by atoms with Gasteiger partial charge in [0.05, 0.1) is 18.7 Å². The summed E-state index contributed by atoms with van der Waals surface area (Å²) in [7, 11) is 0. The van der Waals surface area contributed by atoms with E-state index in [0.29, 0.717) is 17.7 Å². The van der Waals surface area contributed by atoms with Crippen molar-refractivity contribution in [2.24, 2.45) is 11.8 Å². The number of piperidine rings is 3. The molecule has 0 aromatic carbocycles. The number of carbonyl (C=O) groups excluding carboxylic acids is 1. The van der Waals surface area contributed by atoms with Gasteiger partial charge in [0.15, 0.2) is 0 Å². The monoisotopic (exact) mass is 335 g/mol. The van der Waals surface area contributed by atoms with Crippen LogP contribution < -0.4 is 5.32 Å². The van der Waals surface area contributed by atoms with Crippen LogP contribution in [-0.4, -0.2) is 56.1 Å². The van der Waals surface area contributed by atoms with Gasteiger partial charge in [-0.3, -0.25) is 14.4 Å². The normalized spacial score (nSPS) is 29.9. The maximum absolute atomic E-state index is 12.4. The highest BCUT2D eigenvalue weighted by Gasteiger charge is 2.43. The fraction of sp³-hybridized carbons (Fsp3) is 0.824. The zero-order chi connectivity index (χ0) is 17.5. The average Bonchev–Trinajstić information content (AvgIpc) is 2.96. The summed E-state index contributed by atoms with van der Waals surface area (Å²) in [5.74, 6) is 0.763. The van der Waals surface area contributed by atoms with Crippen LogP contribution in [0.1, 0.15) is 46.2 Å². The molecule has 1 amide bonds. The maximum atomic E-state index is 12.4. The third-order valence-corrected chi connectivity index (χ3v) is 5.21. The molecule has 7 nitrogen and oxygen atoms in total. The number of rotatable bonds is 5. The van der Waals surface area contributed by atoms with Gasteiger partial charge in [0.1, 0.15) is 11.3 Å². The first kappa shape index (κ1) is 17.4. The molecule has 134 valence electrons. The molecular weight excluding hydrogens is 306 g/mol. The summed E-state index contributed by atoms with van der Waals surface area (Å²) in [4.78, 5) is 14.8. The fourth-order valence-electron chi connectivity index (χ4n) is 3.90. The molecular formula is C17H29N5O2. The van der Waals surface area contributed by atoms with Gasteiger partial charge in [0.2, 0.25) is 5.91 Å². The highest BCUT2D eigenvalue weighted by Crippen LogP contribution is 2.37. The Labute approximate surface area is 143 Å². The van der Waals surface area contributed by atoms with Crippen LogP contribution in [0.3, 0.4) is 0 Å². The molecule has 0 saturated carbocycles. The van der Waals surface area contributed by atoms with Crippen molar-refractivity contribution in [3.8, 4) is 0 Å². The Hall–Kier alpha value is -1.47. The molecule has 3 aliphatic rings. The van der Waals surface area contributed by atoms with Crippen LogP contribution in [0.5, 0.6) is 0 Å². The van der Waals surface area contributed by atoms with E-state index in [0.717, 1.165) is 32.5 Å². The second-order valence-corrected chi connectivity index (χ2v) is 8.09. The Kier molecular flexibility index (Phi) is 4.66. The molecule has 1 aromatic rings. The molecule has 4 rings (SSSR count). The summed E-state index contributed by atoms with van der Waals surface area (Å²) in [5, 5.41) is 21.3. The van der Waals surface area contributed by atoms with Crippen LogP contribution in [0.15, 0.2) is 6.20 Å². The van der Waals surface area contributed by atoms with Crippen molar-refractivity contribution in [3.63, 3.8) is 0 Å². The lowest BCUT2D eigenvalue weighted by molar-refractivity contribution is -0.133. The van der Waals surface area contributed by atoms with Gasteiger partial charge < -0.3 is 10.4 Å². The number of hydrogen-bond acceptors (Lipinski definition) is 5. The van der Waals surface area contributed by atoms with E-state index in [9.17, 15) is 9.90 Å². The maximum Gasteiger partial charge on any atom is 0.224 e. The number of fused-ring (bicyclic) bond motifs is 3. The minimum atomic E-state index is -0.968. The van der Waals surface area contributed by atoms with Gasteiger partial charge in [0, 0.05) is 18.6 Å². The Morgan fingerprint density at radius 1 is 1.50 bits per heavy atom. The number of aliphatic hydroxyl groups is 1. The van der Waals surface area contributed by atoms with Gasteiger partial charge in [-0.25, -0.2) is 0 Å². The van der Waals surface area contributed by atoms with Gasteiger partial charge in [0.25, 0.3) is 0 Å². The number of aromatic nitrogens is 3. The quantitative estimate of drug-likeness (QED) is 0.829. The SMILES string of the molecule is CC(C)NC(=O)[C@H]1CN2CC[C@@H]1C[C@@H]2Cn1cc(C(C)(C)O)nn1. The Balaban J connectivity index is 1.62. The summed E-state index contributed by atoms with van der Waals surface area (Å²) >= 11 is 0. The van der Waals surface area contributed by atoms with Crippen molar-refractivity contribution in [1.82, 2.24) is 25.2 Å². The van der Waals surface area contributed by atoms with Gasteiger partial charge in [-0.15, -0.1) is 5.10 Å². The summed E-state index contributed by atoms with van der Waals surface area (Å²) in [6.07, 6.45) is 3.94. The Morgan fingerprint density at radius 2 is 2.25 bits per heavy atom. The van der Waals surface area contributed by atoms with Crippen LogP contribution >= 0.6 is 0 Å². The lowest BCUT2D eigenvalue weighted by atomic mass is 9.75. The van der Waals surface area contributed by atoms with Crippen LogP contribution in [0.25, 0.3) is 0 Å². The minimum absolute atomic E-state index is 0.111. The lowest BCUT2D eigenvalue weighted by Gasteiger charge is -2.49. The zero-order valence-corrected chi connectivity index (χ0v) is 15.1. The third-order valence-electron chi connectivity index (χ3n) is 5.21. The Morgan fingerprint density at radius 3 is 2.79 bits per heavy atom. The highest BCUT2D eigenvalue weighted by atomic mass is 16.3. The van der Waals surface area contributed by atoms with Gasteiger partial charge >= 0.3 is 0 Å². The summed E-state index contributed by atoms with van der Waals surface area (Å²) < 4.78 is 1.82. The van der Waals surface area contributed by atoms with Crippen molar-refractivity contribution in [2.45, 2.75) is 64.8 Å². The summed E-state index contributed by atoms with van der Waals surface area (Å²) in [5.41, 5.74) is -0.378.